The molecule has 5 heterocycles. The number of nitrogens with zero attached hydrogens (tertiary/aromatic N) is 5. The quantitative estimate of drug-likeness (QED) is 0.501. The molecule has 0 bridgehead atoms. The van der Waals surface area contributed by atoms with Gasteiger partial charge in [0.15, 0.2) is 5.65 Å². The maximum absolute atomic E-state index is 13.1. The molecule has 1 saturated heterocycles. The molecule has 0 atom stereocenters. The highest BCUT2D eigenvalue weighted by Gasteiger charge is 2.22. The van der Waals surface area contributed by atoms with Crippen LogP contribution in [-0.4, -0.2) is 56.4 Å². The van der Waals surface area contributed by atoms with Crippen molar-refractivity contribution in [3.05, 3.63) is 42.4 Å². The lowest BCUT2D eigenvalue weighted by atomic mass is 10.1. The van der Waals surface area contributed by atoms with E-state index in [0.717, 1.165) is 41.0 Å². The Hall–Kier alpha value is -3.46. The van der Waals surface area contributed by atoms with E-state index in [-0.39, 0.29) is 18.0 Å². The van der Waals surface area contributed by atoms with Crippen molar-refractivity contribution in [2.45, 2.75) is 38.8 Å². The number of fused-ring (bicyclic) bond motifs is 2. The molecule has 0 aromatic carbocycles. The normalized spacial score (nSPS) is 15.0. The van der Waals surface area contributed by atoms with Gasteiger partial charge in [-0.05, 0) is 38.8 Å². The first-order valence-corrected chi connectivity index (χ1v) is 11.0. The minimum atomic E-state index is -0.162. The summed E-state index contributed by atoms with van der Waals surface area (Å²) < 4.78 is 9.21. The van der Waals surface area contributed by atoms with Crippen LogP contribution in [0.15, 0.2) is 36.8 Å². The summed E-state index contributed by atoms with van der Waals surface area (Å²) in [5.41, 5.74) is 3.63. The minimum Gasteiger partial charge on any atom is -0.381 e. The number of ether oxygens (including phenoxy) is 1. The Labute approximate surface area is 185 Å². The molecule has 0 radical (unpaired) electrons. The summed E-state index contributed by atoms with van der Waals surface area (Å²) >= 11 is 0. The van der Waals surface area contributed by atoms with Crippen molar-refractivity contribution in [2.75, 3.05) is 25.6 Å². The number of aromatic nitrogens is 5. The highest BCUT2D eigenvalue weighted by Crippen LogP contribution is 2.32. The molecular weight excluding hydrogens is 406 g/mol. The van der Waals surface area contributed by atoms with Crippen molar-refractivity contribution in [3.8, 4) is 11.3 Å². The molecule has 0 saturated carbocycles. The van der Waals surface area contributed by atoms with Gasteiger partial charge in [-0.15, -0.1) is 0 Å². The zero-order valence-corrected chi connectivity index (χ0v) is 18.5. The van der Waals surface area contributed by atoms with E-state index < -0.39 is 0 Å². The van der Waals surface area contributed by atoms with E-state index in [2.05, 4.69) is 51.4 Å². The van der Waals surface area contributed by atoms with Crippen molar-refractivity contribution in [2.24, 2.45) is 0 Å². The molecule has 1 fully saturated rings. The van der Waals surface area contributed by atoms with E-state index >= 15 is 0 Å². The molecule has 1 aliphatic heterocycles. The van der Waals surface area contributed by atoms with Crippen LogP contribution in [-0.2, 0) is 4.74 Å². The second-order valence-electron chi connectivity index (χ2n) is 8.35. The Morgan fingerprint density at radius 3 is 2.81 bits per heavy atom. The molecule has 0 aliphatic carbocycles. The van der Waals surface area contributed by atoms with Gasteiger partial charge in [-0.3, -0.25) is 4.79 Å². The molecule has 2 N–H and O–H groups in total. The molecule has 0 unspecified atom stereocenters. The van der Waals surface area contributed by atoms with Crippen LogP contribution >= 0.6 is 0 Å². The Kier molecular flexibility index (Phi) is 5.26. The molecule has 9 nitrogen and oxygen atoms in total. The third-order valence-corrected chi connectivity index (χ3v) is 5.95. The lowest BCUT2D eigenvalue weighted by molar-refractivity contribution is 0.0697. The average molecular weight is 434 g/mol. The molecular formula is C23H27N7O2. The smallest absolute Gasteiger partial charge is 0.256 e. The second kappa shape index (κ2) is 8.23. The number of hydrogen-bond acceptors (Lipinski definition) is 6. The largest absolute Gasteiger partial charge is 0.381 e. The van der Waals surface area contributed by atoms with Gasteiger partial charge in [-0.1, -0.05) is 0 Å². The molecule has 1 amide bonds. The number of amides is 1. The van der Waals surface area contributed by atoms with Gasteiger partial charge in [0.2, 0.25) is 0 Å². The number of carbonyl (C=O) groups is 1. The minimum absolute atomic E-state index is 0.105. The van der Waals surface area contributed by atoms with E-state index in [9.17, 15) is 4.79 Å². The summed E-state index contributed by atoms with van der Waals surface area (Å²) in [6, 6.07) is 6.29. The number of rotatable bonds is 5. The molecule has 1 aliphatic rings. The van der Waals surface area contributed by atoms with Gasteiger partial charge in [0.05, 0.1) is 11.9 Å². The molecule has 5 rings (SSSR count). The van der Waals surface area contributed by atoms with Crippen LogP contribution in [0.4, 0.5) is 5.82 Å². The maximum atomic E-state index is 13.1. The van der Waals surface area contributed by atoms with Gasteiger partial charge in [0.25, 0.3) is 5.91 Å². The van der Waals surface area contributed by atoms with Crippen molar-refractivity contribution in [3.63, 3.8) is 0 Å². The van der Waals surface area contributed by atoms with Crippen LogP contribution in [0.25, 0.3) is 27.9 Å². The Balaban J connectivity index is 1.62. The maximum Gasteiger partial charge on any atom is 0.256 e. The lowest BCUT2D eigenvalue weighted by Gasteiger charge is -2.22. The van der Waals surface area contributed by atoms with E-state index in [4.69, 9.17) is 9.72 Å². The van der Waals surface area contributed by atoms with Crippen molar-refractivity contribution in [1.29, 1.82) is 0 Å². The standard InChI is InChI=1S/C23H27N7O2/c1-14(2)29-13-18(16-5-4-8-25-21(16)29)19-11-20(24-3)30-22(28-19)17(12-26-30)23(31)27-15-6-9-32-10-7-15/h4-5,8,11-15,24H,6-7,9-10H2,1-3H3,(H,27,31). The van der Waals surface area contributed by atoms with Gasteiger partial charge >= 0.3 is 0 Å². The summed E-state index contributed by atoms with van der Waals surface area (Å²) in [5.74, 6) is 0.592. The summed E-state index contributed by atoms with van der Waals surface area (Å²) in [5, 5.41) is 11.7. The fourth-order valence-corrected chi connectivity index (χ4v) is 4.22. The molecule has 4 aromatic heterocycles. The van der Waals surface area contributed by atoms with Crippen molar-refractivity contribution >= 4 is 28.4 Å². The SMILES string of the molecule is CNc1cc(-c2cn(C(C)C)c3ncccc23)nc2c(C(=O)NC3CCOCC3)cnn12. The van der Waals surface area contributed by atoms with Gasteiger partial charge in [-0.2, -0.15) is 9.61 Å². The molecule has 0 spiro atoms. The van der Waals surface area contributed by atoms with E-state index in [1.54, 1.807) is 16.9 Å². The van der Waals surface area contributed by atoms with Crippen LogP contribution in [0.1, 0.15) is 43.1 Å². The summed E-state index contributed by atoms with van der Waals surface area (Å²) in [4.78, 5) is 22.5. The molecule has 32 heavy (non-hydrogen) atoms. The number of hydrogen-bond donors (Lipinski definition) is 2. The van der Waals surface area contributed by atoms with Gasteiger partial charge in [0, 0.05) is 61.8 Å². The summed E-state index contributed by atoms with van der Waals surface area (Å²) in [6.07, 6.45) is 7.09. The highest BCUT2D eigenvalue weighted by molar-refractivity contribution is 6.01. The van der Waals surface area contributed by atoms with Crippen LogP contribution < -0.4 is 10.6 Å². The fourth-order valence-electron chi connectivity index (χ4n) is 4.22. The number of nitrogens with one attached hydrogen (secondary N) is 2. The Bertz CT molecular complexity index is 1280. The van der Waals surface area contributed by atoms with Gasteiger partial charge in [0.1, 0.15) is 17.0 Å². The molecule has 166 valence electrons. The molecule has 9 heteroatoms. The summed E-state index contributed by atoms with van der Waals surface area (Å²) in [6.45, 7) is 5.59. The number of anilines is 1. The van der Waals surface area contributed by atoms with E-state index in [1.165, 1.54) is 0 Å². The predicted molar refractivity (Wildman–Crippen MR) is 123 cm³/mol. The van der Waals surface area contributed by atoms with Crippen molar-refractivity contribution < 1.29 is 9.53 Å². The third-order valence-electron chi connectivity index (χ3n) is 5.95. The first-order valence-electron chi connectivity index (χ1n) is 11.0. The first-order chi connectivity index (χ1) is 15.6. The van der Waals surface area contributed by atoms with E-state index in [1.807, 2.05) is 19.2 Å². The van der Waals surface area contributed by atoms with Gasteiger partial charge < -0.3 is 19.9 Å². The van der Waals surface area contributed by atoms with Gasteiger partial charge in [-0.25, -0.2) is 9.97 Å². The van der Waals surface area contributed by atoms with Crippen molar-refractivity contribution in [1.82, 2.24) is 29.5 Å². The fraction of sp³-hybridized carbons (Fsp3) is 0.391. The zero-order valence-electron chi connectivity index (χ0n) is 18.5. The second-order valence-corrected chi connectivity index (χ2v) is 8.35. The highest BCUT2D eigenvalue weighted by atomic mass is 16.5. The summed E-state index contributed by atoms with van der Waals surface area (Å²) in [7, 11) is 1.83. The topological polar surface area (TPSA) is 98.4 Å². The zero-order chi connectivity index (χ0) is 22.2. The first kappa shape index (κ1) is 20.4. The predicted octanol–water partition coefficient (Wildman–Crippen LogP) is 3.28. The van der Waals surface area contributed by atoms with Crippen LogP contribution in [0, 0.1) is 0 Å². The Morgan fingerprint density at radius 2 is 2.06 bits per heavy atom. The van der Waals surface area contributed by atoms with E-state index in [0.29, 0.717) is 24.4 Å². The van der Waals surface area contributed by atoms with Crippen LogP contribution in [0.3, 0.4) is 0 Å². The third kappa shape index (κ3) is 3.48. The lowest BCUT2D eigenvalue weighted by Crippen LogP contribution is -2.38. The Morgan fingerprint density at radius 1 is 1.25 bits per heavy atom. The molecule has 4 aromatic rings. The number of pyridine rings is 1. The van der Waals surface area contributed by atoms with Crippen LogP contribution in [0.5, 0.6) is 0 Å². The average Bonchev–Trinajstić information content (AvgIpc) is 3.41. The van der Waals surface area contributed by atoms with Crippen LogP contribution in [0.2, 0.25) is 0 Å². The number of carbonyl (C=O) groups excluding carboxylic acids is 1. The monoisotopic (exact) mass is 433 g/mol.